The molecule has 0 aliphatic rings. The first-order chi connectivity index (χ1) is 7.66. The van der Waals surface area contributed by atoms with E-state index in [2.05, 4.69) is 0 Å². The maximum absolute atomic E-state index is 9.64. The molecule has 3 nitrogen and oxygen atoms in total. The monoisotopic (exact) mass is 235 g/mol. The van der Waals surface area contributed by atoms with E-state index in [1.165, 1.54) is 0 Å². The minimum Gasteiger partial charge on any atom is -0.508 e. The molecule has 0 aliphatic carbocycles. The maximum atomic E-state index is 9.64. The van der Waals surface area contributed by atoms with Crippen LogP contribution in [-0.4, -0.2) is 5.11 Å². The summed E-state index contributed by atoms with van der Waals surface area (Å²) in [6.45, 7) is 1.92. The average molecular weight is 235 g/mol. The first kappa shape index (κ1) is 11.0. The van der Waals surface area contributed by atoms with Gasteiger partial charge in [-0.1, -0.05) is 0 Å². The molecule has 0 spiro atoms. The molecule has 84 valence electrons. The summed E-state index contributed by atoms with van der Waals surface area (Å²) in [5, 5.41) is 9.64. The molecule has 1 heterocycles. The molecule has 0 atom stereocenters. The van der Waals surface area contributed by atoms with Gasteiger partial charge in [0.05, 0.1) is 6.26 Å². The summed E-state index contributed by atoms with van der Waals surface area (Å²) in [5.41, 5.74) is 7.17. The number of furan rings is 1. The Kier molecular flexibility index (Phi) is 3.10. The number of nitrogens with two attached hydrogens (primary N) is 1. The fourth-order valence-electron chi connectivity index (χ4n) is 1.40. The molecule has 0 saturated carbocycles. The molecule has 4 heteroatoms. The van der Waals surface area contributed by atoms with E-state index in [-0.39, 0.29) is 5.75 Å². The van der Waals surface area contributed by atoms with E-state index in [1.807, 2.05) is 13.0 Å². The van der Waals surface area contributed by atoms with Gasteiger partial charge in [0.25, 0.3) is 0 Å². The molecule has 3 N–H and O–H groups in total. The SMILES string of the molecule is Cc1occc1SCc1cc(N)ccc1O. The number of phenols is 1. The van der Waals surface area contributed by atoms with Gasteiger partial charge >= 0.3 is 0 Å². The number of aryl methyl sites for hydroxylation is 1. The summed E-state index contributed by atoms with van der Waals surface area (Å²) >= 11 is 1.62. The molecule has 0 amide bonds. The molecular weight excluding hydrogens is 222 g/mol. The van der Waals surface area contributed by atoms with E-state index >= 15 is 0 Å². The van der Waals surface area contributed by atoms with Crippen molar-refractivity contribution in [1.82, 2.24) is 0 Å². The van der Waals surface area contributed by atoms with Crippen LogP contribution in [-0.2, 0) is 5.75 Å². The third-order valence-electron chi connectivity index (χ3n) is 2.30. The lowest BCUT2D eigenvalue weighted by molar-refractivity contribution is 0.470. The van der Waals surface area contributed by atoms with Crippen LogP contribution in [0.5, 0.6) is 5.75 Å². The Balaban J connectivity index is 2.10. The van der Waals surface area contributed by atoms with Crippen LogP contribution >= 0.6 is 11.8 Å². The number of aromatic hydroxyl groups is 1. The molecule has 2 rings (SSSR count). The molecule has 1 aromatic heterocycles. The topological polar surface area (TPSA) is 59.4 Å². The Bertz CT molecular complexity index is 494. The smallest absolute Gasteiger partial charge is 0.119 e. The highest BCUT2D eigenvalue weighted by molar-refractivity contribution is 7.98. The van der Waals surface area contributed by atoms with E-state index in [0.717, 1.165) is 16.2 Å². The van der Waals surface area contributed by atoms with Gasteiger partial charge < -0.3 is 15.3 Å². The molecule has 0 radical (unpaired) electrons. The minimum atomic E-state index is 0.280. The van der Waals surface area contributed by atoms with Gasteiger partial charge in [-0.25, -0.2) is 0 Å². The summed E-state index contributed by atoms with van der Waals surface area (Å²) in [7, 11) is 0. The number of anilines is 1. The Labute approximate surface area is 98.3 Å². The minimum absolute atomic E-state index is 0.280. The summed E-state index contributed by atoms with van der Waals surface area (Å²) in [4.78, 5) is 1.09. The first-order valence-electron chi connectivity index (χ1n) is 4.91. The Morgan fingerprint density at radius 2 is 2.19 bits per heavy atom. The summed E-state index contributed by atoms with van der Waals surface area (Å²) < 4.78 is 5.20. The summed E-state index contributed by atoms with van der Waals surface area (Å²) in [5.74, 6) is 1.85. The fourth-order valence-corrected chi connectivity index (χ4v) is 2.34. The van der Waals surface area contributed by atoms with Crippen LogP contribution in [0.1, 0.15) is 11.3 Å². The third kappa shape index (κ3) is 2.33. The van der Waals surface area contributed by atoms with Crippen molar-refractivity contribution in [3.63, 3.8) is 0 Å². The zero-order valence-corrected chi connectivity index (χ0v) is 9.75. The predicted molar refractivity (Wildman–Crippen MR) is 65.5 cm³/mol. The maximum Gasteiger partial charge on any atom is 0.119 e. The van der Waals surface area contributed by atoms with Crippen molar-refractivity contribution in [1.29, 1.82) is 0 Å². The second kappa shape index (κ2) is 4.53. The molecule has 0 bridgehead atoms. The van der Waals surface area contributed by atoms with Crippen LogP contribution < -0.4 is 5.73 Å². The number of rotatable bonds is 3. The van der Waals surface area contributed by atoms with Crippen molar-refractivity contribution in [2.75, 3.05) is 5.73 Å². The van der Waals surface area contributed by atoms with E-state index in [9.17, 15) is 5.11 Å². The van der Waals surface area contributed by atoms with Crippen molar-refractivity contribution in [2.45, 2.75) is 17.6 Å². The van der Waals surface area contributed by atoms with Crippen molar-refractivity contribution < 1.29 is 9.52 Å². The highest BCUT2D eigenvalue weighted by atomic mass is 32.2. The number of benzene rings is 1. The summed E-state index contributed by atoms with van der Waals surface area (Å²) in [6, 6.07) is 7.02. The Hall–Kier alpha value is -1.55. The molecule has 0 aliphatic heterocycles. The highest BCUT2D eigenvalue weighted by Gasteiger charge is 2.05. The lowest BCUT2D eigenvalue weighted by atomic mass is 10.2. The van der Waals surface area contributed by atoms with Crippen LogP contribution in [0.3, 0.4) is 0 Å². The number of nitrogen functional groups attached to an aromatic ring is 1. The van der Waals surface area contributed by atoms with Gasteiger partial charge in [-0.15, -0.1) is 11.8 Å². The van der Waals surface area contributed by atoms with Gasteiger partial charge in [-0.3, -0.25) is 0 Å². The lowest BCUT2D eigenvalue weighted by Gasteiger charge is -2.04. The van der Waals surface area contributed by atoms with Gasteiger partial charge in [0.2, 0.25) is 0 Å². The van der Waals surface area contributed by atoms with E-state index < -0.39 is 0 Å². The van der Waals surface area contributed by atoms with Crippen LogP contribution in [0.15, 0.2) is 39.8 Å². The largest absolute Gasteiger partial charge is 0.508 e. The molecular formula is C12H13NO2S. The standard InChI is InChI=1S/C12H13NO2S/c1-8-12(4-5-15-8)16-7-9-6-10(13)2-3-11(9)14/h2-6,14H,7,13H2,1H3. The molecule has 2 aromatic rings. The van der Waals surface area contributed by atoms with E-state index in [1.54, 1.807) is 36.2 Å². The van der Waals surface area contributed by atoms with Crippen LogP contribution in [0.25, 0.3) is 0 Å². The van der Waals surface area contributed by atoms with E-state index in [0.29, 0.717) is 11.4 Å². The zero-order valence-electron chi connectivity index (χ0n) is 8.93. The number of phenolic OH excluding ortho intramolecular Hbond substituents is 1. The van der Waals surface area contributed by atoms with Crippen molar-refractivity contribution in [2.24, 2.45) is 0 Å². The Morgan fingerprint density at radius 1 is 1.38 bits per heavy atom. The molecule has 1 aromatic carbocycles. The van der Waals surface area contributed by atoms with E-state index in [4.69, 9.17) is 10.2 Å². The van der Waals surface area contributed by atoms with Crippen molar-refractivity contribution in [3.8, 4) is 5.75 Å². The first-order valence-corrected chi connectivity index (χ1v) is 5.89. The lowest BCUT2D eigenvalue weighted by Crippen LogP contribution is -1.88. The quantitative estimate of drug-likeness (QED) is 0.487. The number of hydrogen-bond donors (Lipinski definition) is 2. The third-order valence-corrected chi connectivity index (χ3v) is 3.49. The average Bonchev–Trinajstić information content (AvgIpc) is 2.66. The zero-order chi connectivity index (χ0) is 11.5. The van der Waals surface area contributed by atoms with Gasteiger partial charge in [0.1, 0.15) is 11.5 Å². The molecule has 0 fully saturated rings. The number of thioether (sulfide) groups is 1. The molecule has 0 saturated heterocycles. The normalized spacial score (nSPS) is 10.6. The van der Waals surface area contributed by atoms with Crippen LogP contribution in [0.4, 0.5) is 5.69 Å². The van der Waals surface area contributed by atoms with Crippen molar-refractivity contribution in [3.05, 3.63) is 41.9 Å². The van der Waals surface area contributed by atoms with Crippen molar-refractivity contribution >= 4 is 17.4 Å². The highest BCUT2D eigenvalue weighted by Crippen LogP contribution is 2.30. The van der Waals surface area contributed by atoms with Crippen LogP contribution in [0, 0.1) is 6.92 Å². The fraction of sp³-hybridized carbons (Fsp3) is 0.167. The summed E-state index contributed by atoms with van der Waals surface area (Å²) in [6.07, 6.45) is 1.66. The van der Waals surface area contributed by atoms with Gasteiger partial charge in [-0.05, 0) is 31.2 Å². The Morgan fingerprint density at radius 3 is 2.88 bits per heavy atom. The second-order valence-electron chi connectivity index (χ2n) is 3.52. The molecule has 0 unspecified atom stereocenters. The molecule has 16 heavy (non-hydrogen) atoms. The van der Waals surface area contributed by atoms with Crippen LogP contribution in [0.2, 0.25) is 0 Å². The van der Waals surface area contributed by atoms with Gasteiger partial charge in [0, 0.05) is 21.9 Å². The predicted octanol–water partition coefficient (Wildman–Crippen LogP) is 3.17. The number of hydrogen-bond acceptors (Lipinski definition) is 4. The second-order valence-corrected chi connectivity index (χ2v) is 4.54. The van der Waals surface area contributed by atoms with Gasteiger partial charge in [-0.2, -0.15) is 0 Å². The van der Waals surface area contributed by atoms with Gasteiger partial charge in [0.15, 0.2) is 0 Å².